The van der Waals surface area contributed by atoms with Gasteiger partial charge in [-0.1, -0.05) is 11.8 Å². The molecule has 0 spiro atoms. The third-order valence-corrected chi connectivity index (χ3v) is 5.16. The molecule has 0 atom stereocenters. The Hall–Kier alpha value is -2.72. The predicted molar refractivity (Wildman–Crippen MR) is 95.8 cm³/mol. The van der Waals surface area contributed by atoms with E-state index in [0.717, 1.165) is 22.5 Å². The molecule has 132 valence electrons. The van der Waals surface area contributed by atoms with Crippen molar-refractivity contribution in [3.8, 4) is 0 Å². The normalized spacial score (nSPS) is 11.3. The number of aromatic nitrogens is 4. The van der Waals surface area contributed by atoms with E-state index in [2.05, 4.69) is 20.2 Å². The number of ketones is 1. The number of fused-ring (bicyclic) bond motifs is 1. The summed E-state index contributed by atoms with van der Waals surface area (Å²) >= 11 is 2.73. The number of rotatable bonds is 6. The number of benzene rings is 1. The first-order valence-electron chi connectivity index (χ1n) is 7.59. The number of nitrogens with one attached hydrogen (secondary N) is 1. The molecule has 0 saturated heterocycles. The van der Waals surface area contributed by atoms with Crippen molar-refractivity contribution >= 4 is 40.0 Å². The monoisotopic (exact) mass is 388 g/mol. The van der Waals surface area contributed by atoms with Gasteiger partial charge in [-0.3, -0.25) is 9.78 Å². The van der Waals surface area contributed by atoms with Crippen LogP contribution < -0.4 is 5.76 Å². The standard InChI is InChI=1S/C16H12N4O4S2/c1-8-17-10(6-25-8)5-14-19-20-16(24-14)26-7-12(21)9-2-3-11-13(4-9)23-15(22)18-11/h2-4,6H,5,7H2,1H3,(H,18,22). The minimum Gasteiger partial charge on any atom is -0.416 e. The van der Waals surface area contributed by atoms with Crippen LogP contribution in [0.25, 0.3) is 11.1 Å². The van der Waals surface area contributed by atoms with Gasteiger partial charge in [0.2, 0.25) is 5.89 Å². The van der Waals surface area contributed by atoms with Crippen LogP contribution in [0.1, 0.15) is 27.0 Å². The Kier molecular flexibility index (Phi) is 4.43. The van der Waals surface area contributed by atoms with Gasteiger partial charge in [-0.05, 0) is 25.1 Å². The molecule has 0 unspecified atom stereocenters. The summed E-state index contributed by atoms with van der Waals surface area (Å²) in [5.74, 6) is -0.0820. The first-order chi connectivity index (χ1) is 12.6. The van der Waals surface area contributed by atoms with E-state index in [1.54, 1.807) is 29.5 Å². The van der Waals surface area contributed by atoms with Gasteiger partial charge < -0.3 is 8.83 Å². The molecule has 0 bridgehead atoms. The van der Waals surface area contributed by atoms with E-state index < -0.39 is 5.76 Å². The SMILES string of the molecule is Cc1nc(Cc2nnc(SCC(=O)c3ccc4[nH]c(=O)oc4c3)o2)cs1. The van der Waals surface area contributed by atoms with E-state index in [1.165, 1.54) is 0 Å². The van der Waals surface area contributed by atoms with Crippen LogP contribution in [0, 0.1) is 6.92 Å². The number of hydrogen-bond donors (Lipinski definition) is 1. The molecule has 4 rings (SSSR count). The Bertz CT molecular complexity index is 1140. The van der Waals surface area contributed by atoms with Gasteiger partial charge >= 0.3 is 5.76 Å². The van der Waals surface area contributed by atoms with Gasteiger partial charge in [0.1, 0.15) is 0 Å². The molecule has 0 aliphatic heterocycles. The van der Waals surface area contributed by atoms with E-state index in [0.29, 0.717) is 34.2 Å². The van der Waals surface area contributed by atoms with Crippen LogP contribution in [0.5, 0.6) is 0 Å². The van der Waals surface area contributed by atoms with Crippen LogP contribution in [0.3, 0.4) is 0 Å². The second kappa shape index (κ2) is 6.89. The molecule has 0 saturated carbocycles. The summed E-state index contributed by atoms with van der Waals surface area (Å²) in [6.45, 7) is 1.94. The maximum Gasteiger partial charge on any atom is 0.417 e. The molecule has 4 aromatic rings. The molecule has 0 aliphatic carbocycles. The lowest BCUT2D eigenvalue weighted by Gasteiger charge is -1.98. The van der Waals surface area contributed by atoms with Crippen molar-refractivity contribution in [1.29, 1.82) is 0 Å². The van der Waals surface area contributed by atoms with Crippen LogP contribution in [-0.2, 0) is 6.42 Å². The highest BCUT2D eigenvalue weighted by Gasteiger charge is 2.14. The van der Waals surface area contributed by atoms with Crippen LogP contribution in [0.2, 0.25) is 0 Å². The average Bonchev–Trinajstić information content (AvgIpc) is 3.32. The predicted octanol–water partition coefficient (Wildman–Crippen LogP) is 2.83. The van der Waals surface area contributed by atoms with Gasteiger partial charge in [-0.25, -0.2) is 9.78 Å². The first kappa shape index (κ1) is 16.7. The van der Waals surface area contributed by atoms with E-state index in [9.17, 15) is 9.59 Å². The highest BCUT2D eigenvalue weighted by molar-refractivity contribution is 7.99. The number of H-pyrrole nitrogens is 1. The van der Waals surface area contributed by atoms with E-state index in [1.807, 2.05) is 12.3 Å². The Labute approximate surface area is 154 Å². The Morgan fingerprint density at radius 2 is 2.19 bits per heavy atom. The fourth-order valence-electron chi connectivity index (χ4n) is 2.34. The summed E-state index contributed by atoms with van der Waals surface area (Å²) in [6.07, 6.45) is 0.467. The molecule has 0 aliphatic rings. The van der Waals surface area contributed by atoms with Gasteiger partial charge in [0, 0.05) is 10.9 Å². The lowest BCUT2D eigenvalue weighted by molar-refractivity contribution is 0.102. The highest BCUT2D eigenvalue weighted by atomic mass is 32.2. The van der Waals surface area contributed by atoms with Crippen molar-refractivity contribution in [2.75, 3.05) is 5.75 Å². The lowest BCUT2D eigenvalue weighted by atomic mass is 10.1. The number of thiazole rings is 1. The number of thioether (sulfide) groups is 1. The molecular weight excluding hydrogens is 376 g/mol. The number of carbonyl (C=O) groups is 1. The van der Waals surface area contributed by atoms with Gasteiger partial charge in [0.15, 0.2) is 11.4 Å². The minimum atomic E-state index is -0.548. The summed E-state index contributed by atoms with van der Waals surface area (Å²) in [7, 11) is 0. The van der Waals surface area contributed by atoms with Crippen LogP contribution in [-0.4, -0.2) is 31.7 Å². The van der Waals surface area contributed by atoms with Crippen molar-refractivity contribution in [2.45, 2.75) is 18.6 Å². The number of aryl methyl sites for hydroxylation is 1. The maximum absolute atomic E-state index is 12.3. The first-order valence-corrected chi connectivity index (χ1v) is 9.45. The van der Waals surface area contributed by atoms with E-state index in [-0.39, 0.29) is 11.5 Å². The zero-order valence-corrected chi connectivity index (χ0v) is 15.1. The van der Waals surface area contributed by atoms with Crippen molar-refractivity contribution in [3.63, 3.8) is 0 Å². The quantitative estimate of drug-likeness (QED) is 0.396. The summed E-state index contributed by atoms with van der Waals surface area (Å²) in [5, 5.41) is 11.2. The Balaban J connectivity index is 1.39. The fourth-order valence-corrected chi connectivity index (χ4v) is 3.63. The smallest absolute Gasteiger partial charge is 0.416 e. The molecule has 10 heteroatoms. The van der Waals surface area contributed by atoms with E-state index >= 15 is 0 Å². The Morgan fingerprint density at radius 3 is 3.00 bits per heavy atom. The summed E-state index contributed by atoms with van der Waals surface area (Å²) in [6, 6.07) is 4.82. The molecule has 0 radical (unpaired) electrons. The van der Waals surface area contributed by atoms with Crippen molar-refractivity contribution in [3.05, 3.63) is 56.3 Å². The van der Waals surface area contributed by atoms with Gasteiger partial charge in [0.05, 0.1) is 28.4 Å². The molecule has 26 heavy (non-hydrogen) atoms. The van der Waals surface area contributed by atoms with Gasteiger partial charge in [-0.15, -0.1) is 21.5 Å². The second-order valence-electron chi connectivity index (χ2n) is 5.43. The van der Waals surface area contributed by atoms with Crippen LogP contribution >= 0.6 is 23.1 Å². The third kappa shape index (κ3) is 3.60. The number of carbonyl (C=O) groups excluding carboxylic acids is 1. The molecule has 0 fully saturated rings. The zero-order valence-electron chi connectivity index (χ0n) is 13.5. The highest BCUT2D eigenvalue weighted by Crippen LogP contribution is 2.21. The number of Topliss-reactive ketones (excluding diaryl/α,β-unsaturated/α-hetero) is 1. The van der Waals surface area contributed by atoms with Crippen LogP contribution in [0.15, 0.2) is 42.4 Å². The number of oxazole rings is 1. The topological polar surface area (TPSA) is 115 Å². The van der Waals surface area contributed by atoms with Crippen molar-refractivity contribution in [1.82, 2.24) is 20.2 Å². The average molecular weight is 388 g/mol. The second-order valence-corrected chi connectivity index (χ2v) is 7.42. The zero-order chi connectivity index (χ0) is 18.1. The van der Waals surface area contributed by atoms with E-state index in [4.69, 9.17) is 8.83 Å². The third-order valence-electron chi connectivity index (χ3n) is 3.52. The lowest BCUT2D eigenvalue weighted by Crippen LogP contribution is -2.02. The molecule has 0 amide bonds. The number of hydrogen-bond acceptors (Lipinski definition) is 9. The summed E-state index contributed by atoms with van der Waals surface area (Å²) in [4.78, 5) is 30.4. The fraction of sp³-hybridized carbons (Fsp3) is 0.188. The molecule has 3 aromatic heterocycles. The summed E-state index contributed by atoms with van der Waals surface area (Å²) in [5.41, 5.74) is 2.23. The molecule has 1 aromatic carbocycles. The minimum absolute atomic E-state index is 0.129. The largest absolute Gasteiger partial charge is 0.417 e. The molecule has 3 heterocycles. The maximum atomic E-state index is 12.3. The van der Waals surface area contributed by atoms with Gasteiger partial charge in [0.25, 0.3) is 5.22 Å². The molecular formula is C16H12N4O4S2. The van der Waals surface area contributed by atoms with Crippen molar-refractivity contribution in [2.24, 2.45) is 0 Å². The number of nitrogens with zero attached hydrogens (tertiary/aromatic N) is 3. The molecule has 1 N–H and O–H groups in total. The number of aromatic amines is 1. The summed E-state index contributed by atoms with van der Waals surface area (Å²) < 4.78 is 10.5. The van der Waals surface area contributed by atoms with Crippen molar-refractivity contribution < 1.29 is 13.6 Å². The Morgan fingerprint density at radius 1 is 1.31 bits per heavy atom. The molecule has 8 nitrogen and oxygen atoms in total. The van der Waals surface area contributed by atoms with Crippen LogP contribution in [0.4, 0.5) is 0 Å². The van der Waals surface area contributed by atoms with Gasteiger partial charge in [-0.2, -0.15) is 0 Å².